The first-order valence-electron chi connectivity index (χ1n) is 10.00. The maximum Gasteiger partial charge on any atom is 0.231 e. The molecule has 0 fully saturated rings. The molecule has 0 aliphatic carbocycles. The molecule has 1 aromatic carbocycles. The van der Waals surface area contributed by atoms with Crippen LogP contribution < -0.4 is 14.8 Å². The average Bonchev–Trinajstić information content (AvgIpc) is 3.51. The number of guanidine groups is 1. The Balaban J connectivity index is 1.42. The Morgan fingerprint density at radius 1 is 1.30 bits per heavy atom. The number of aromatic nitrogens is 3. The number of aliphatic imine (C=N–C) groups is 1. The fourth-order valence-corrected chi connectivity index (χ4v) is 3.91. The number of thiophene rings is 1. The van der Waals surface area contributed by atoms with Crippen molar-refractivity contribution in [3.63, 3.8) is 0 Å². The molecule has 0 amide bonds. The molecule has 8 nitrogen and oxygen atoms in total. The van der Waals surface area contributed by atoms with E-state index in [4.69, 9.17) is 14.5 Å². The minimum absolute atomic E-state index is 0.284. The third-order valence-corrected chi connectivity index (χ3v) is 5.69. The van der Waals surface area contributed by atoms with Gasteiger partial charge in [-0.1, -0.05) is 19.1 Å². The fraction of sp³-hybridized carbons (Fsp3) is 0.381. The summed E-state index contributed by atoms with van der Waals surface area (Å²) < 4.78 is 13.0. The summed E-state index contributed by atoms with van der Waals surface area (Å²) >= 11 is 1.72. The van der Waals surface area contributed by atoms with Gasteiger partial charge in [-0.2, -0.15) is 0 Å². The minimum atomic E-state index is 0.284. The summed E-state index contributed by atoms with van der Waals surface area (Å²) in [6, 6.07) is 10.2. The van der Waals surface area contributed by atoms with Crippen molar-refractivity contribution in [2.75, 3.05) is 20.4 Å². The van der Waals surface area contributed by atoms with E-state index in [0.717, 1.165) is 48.4 Å². The summed E-state index contributed by atoms with van der Waals surface area (Å²) in [5, 5.41) is 13.7. The van der Waals surface area contributed by atoms with E-state index in [0.29, 0.717) is 13.1 Å². The first-order chi connectivity index (χ1) is 14.7. The number of nitrogens with one attached hydrogen (secondary N) is 1. The molecule has 2 aromatic heterocycles. The quantitative estimate of drug-likeness (QED) is 0.441. The third kappa shape index (κ3) is 4.91. The zero-order valence-corrected chi connectivity index (χ0v) is 18.1. The molecule has 0 saturated heterocycles. The maximum absolute atomic E-state index is 5.51. The van der Waals surface area contributed by atoms with Gasteiger partial charge in [0.1, 0.15) is 12.2 Å². The van der Waals surface area contributed by atoms with Crippen LogP contribution in [0.3, 0.4) is 0 Å². The second-order valence-corrected chi connectivity index (χ2v) is 8.02. The second-order valence-electron chi connectivity index (χ2n) is 6.98. The average molecular weight is 427 g/mol. The highest BCUT2D eigenvalue weighted by molar-refractivity contribution is 7.09. The highest BCUT2D eigenvalue weighted by atomic mass is 32.1. The summed E-state index contributed by atoms with van der Waals surface area (Å²) in [5.41, 5.74) is 1.14. The van der Waals surface area contributed by atoms with Crippen LogP contribution in [0, 0.1) is 0 Å². The van der Waals surface area contributed by atoms with Crippen LogP contribution in [0.25, 0.3) is 0 Å². The lowest BCUT2D eigenvalue weighted by molar-refractivity contribution is 0.174. The lowest BCUT2D eigenvalue weighted by Crippen LogP contribution is -2.40. The van der Waals surface area contributed by atoms with Crippen molar-refractivity contribution in [3.05, 3.63) is 58.3 Å². The zero-order valence-electron chi connectivity index (χ0n) is 17.2. The lowest BCUT2D eigenvalue weighted by atomic mass is 10.2. The fourth-order valence-electron chi connectivity index (χ4n) is 3.28. The van der Waals surface area contributed by atoms with Crippen LogP contribution in [-0.4, -0.2) is 46.0 Å². The number of nitrogens with zero attached hydrogens (tertiary/aromatic N) is 5. The Morgan fingerprint density at radius 3 is 3.03 bits per heavy atom. The normalized spacial score (nSPS) is 12.9. The van der Waals surface area contributed by atoms with Crippen LogP contribution in [0.4, 0.5) is 0 Å². The molecule has 158 valence electrons. The van der Waals surface area contributed by atoms with Crippen molar-refractivity contribution < 1.29 is 9.47 Å². The molecule has 0 radical (unpaired) electrons. The van der Waals surface area contributed by atoms with Crippen LogP contribution >= 0.6 is 11.3 Å². The number of ether oxygens (including phenoxy) is 2. The van der Waals surface area contributed by atoms with E-state index in [9.17, 15) is 0 Å². The molecule has 0 unspecified atom stereocenters. The molecular weight excluding hydrogens is 400 g/mol. The van der Waals surface area contributed by atoms with E-state index in [1.165, 1.54) is 4.88 Å². The smallest absolute Gasteiger partial charge is 0.231 e. The summed E-state index contributed by atoms with van der Waals surface area (Å²) in [6.45, 7) is 5.25. The molecule has 0 saturated carbocycles. The van der Waals surface area contributed by atoms with Crippen LogP contribution in [0.1, 0.15) is 23.2 Å². The van der Waals surface area contributed by atoms with Gasteiger partial charge in [0.2, 0.25) is 6.79 Å². The Morgan fingerprint density at radius 2 is 2.20 bits per heavy atom. The highest BCUT2D eigenvalue weighted by Crippen LogP contribution is 2.32. The molecule has 1 N–H and O–H groups in total. The van der Waals surface area contributed by atoms with Crippen LogP contribution in [-0.2, 0) is 26.1 Å². The van der Waals surface area contributed by atoms with E-state index < -0.39 is 0 Å². The van der Waals surface area contributed by atoms with E-state index >= 15 is 0 Å². The van der Waals surface area contributed by atoms with Crippen LogP contribution in [0.15, 0.2) is 47.0 Å². The summed E-state index contributed by atoms with van der Waals surface area (Å²) in [5.74, 6) is 3.44. The van der Waals surface area contributed by atoms with Gasteiger partial charge in [-0.25, -0.2) is 4.99 Å². The molecule has 1 aliphatic rings. The van der Waals surface area contributed by atoms with Crippen molar-refractivity contribution in [1.29, 1.82) is 0 Å². The molecule has 0 atom stereocenters. The molecular formula is C21H26N6O2S. The van der Waals surface area contributed by atoms with E-state index in [1.54, 1.807) is 17.7 Å². The second kappa shape index (κ2) is 9.62. The molecule has 30 heavy (non-hydrogen) atoms. The van der Waals surface area contributed by atoms with E-state index in [-0.39, 0.29) is 6.79 Å². The number of aryl methyl sites for hydroxylation is 1. The number of hydrogen-bond donors (Lipinski definition) is 1. The molecule has 4 rings (SSSR count). The van der Waals surface area contributed by atoms with Gasteiger partial charge in [0, 0.05) is 38.0 Å². The van der Waals surface area contributed by atoms with Crippen molar-refractivity contribution in [2.24, 2.45) is 4.99 Å². The van der Waals surface area contributed by atoms with Gasteiger partial charge in [0.15, 0.2) is 17.5 Å². The monoisotopic (exact) mass is 426 g/mol. The molecule has 1 aliphatic heterocycles. The standard InChI is InChI=1S/C21H26N6O2S/c1-3-20-25-24-14-27(20)9-8-22-21(23-12-17-5-4-10-30-17)26(2)13-16-6-7-18-19(11-16)29-15-28-18/h4-7,10-11,14H,3,8-9,12-13,15H2,1-2H3,(H,22,23). The topological polar surface area (TPSA) is 76.8 Å². The van der Waals surface area contributed by atoms with Gasteiger partial charge < -0.3 is 24.3 Å². The first-order valence-corrected chi connectivity index (χ1v) is 10.9. The lowest BCUT2D eigenvalue weighted by Gasteiger charge is -2.23. The molecule has 0 spiro atoms. The Hall–Kier alpha value is -3.07. The summed E-state index contributed by atoms with van der Waals surface area (Å²) in [7, 11) is 2.04. The van der Waals surface area contributed by atoms with Gasteiger partial charge in [0.25, 0.3) is 0 Å². The number of benzene rings is 1. The summed E-state index contributed by atoms with van der Waals surface area (Å²) in [4.78, 5) is 8.20. The number of hydrogen-bond acceptors (Lipinski definition) is 6. The van der Waals surface area contributed by atoms with Crippen molar-refractivity contribution in [1.82, 2.24) is 25.0 Å². The van der Waals surface area contributed by atoms with Gasteiger partial charge >= 0.3 is 0 Å². The molecule has 3 aromatic rings. The largest absolute Gasteiger partial charge is 0.454 e. The Bertz CT molecular complexity index is 985. The highest BCUT2D eigenvalue weighted by Gasteiger charge is 2.15. The van der Waals surface area contributed by atoms with Crippen LogP contribution in [0.2, 0.25) is 0 Å². The summed E-state index contributed by atoms with van der Waals surface area (Å²) in [6.07, 6.45) is 2.64. The predicted octanol–water partition coefficient (Wildman–Crippen LogP) is 2.91. The minimum Gasteiger partial charge on any atom is -0.454 e. The number of fused-ring (bicyclic) bond motifs is 1. The van der Waals surface area contributed by atoms with Gasteiger partial charge in [-0.3, -0.25) is 0 Å². The van der Waals surface area contributed by atoms with Gasteiger partial charge in [0.05, 0.1) is 6.54 Å². The van der Waals surface area contributed by atoms with Crippen molar-refractivity contribution in [2.45, 2.75) is 33.0 Å². The van der Waals surface area contributed by atoms with Crippen molar-refractivity contribution in [3.8, 4) is 11.5 Å². The molecule has 0 bridgehead atoms. The molecule has 9 heteroatoms. The van der Waals surface area contributed by atoms with Crippen molar-refractivity contribution >= 4 is 17.3 Å². The van der Waals surface area contributed by atoms with E-state index in [1.807, 2.05) is 19.2 Å². The third-order valence-electron chi connectivity index (χ3n) is 4.83. The zero-order chi connectivity index (χ0) is 20.8. The first kappa shape index (κ1) is 20.2. The van der Waals surface area contributed by atoms with Crippen LogP contribution in [0.5, 0.6) is 11.5 Å². The van der Waals surface area contributed by atoms with Gasteiger partial charge in [-0.05, 0) is 29.1 Å². The predicted molar refractivity (Wildman–Crippen MR) is 117 cm³/mol. The molecule has 3 heterocycles. The SMILES string of the molecule is CCc1nncn1CCNC(=NCc1cccs1)N(C)Cc1ccc2c(c1)OCO2. The maximum atomic E-state index is 5.51. The Labute approximate surface area is 180 Å². The number of rotatable bonds is 8. The van der Waals surface area contributed by atoms with E-state index in [2.05, 4.69) is 55.5 Å². The van der Waals surface area contributed by atoms with Gasteiger partial charge in [-0.15, -0.1) is 21.5 Å². The Kier molecular flexibility index (Phi) is 6.48.